The third kappa shape index (κ3) is 5.37. The van der Waals surface area contributed by atoms with E-state index in [0.29, 0.717) is 16.7 Å². The molecule has 0 fully saturated rings. The molecule has 0 unspecified atom stereocenters. The fourth-order valence-electron chi connectivity index (χ4n) is 3.56. The van der Waals surface area contributed by atoms with Gasteiger partial charge in [-0.05, 0) is 43.3 Å². The average molecular weight is 499 g/mol. The van der Waals surface area contributed by atoms with Crippen molar-refractivity contribution in [2.24, 2.45) is 0 Å². The molecule has 2 aromatic heterocycles. The number of oxazole rings is 1. The number of carbonyl (C=O) groups is 1. The van der Waals surface area contributed by atoms with Gasteiger partial charge in [0.2, 0.25) is 5.89 Å². The normalized spacial score (nSPS) is 11.5. The Labute approximate surface area is 204 Å². The highest BCUT2D eigenvalue weighted by molar-refractivity contribution is 6.03. The van der Waals surface area contributed by atoms with Crippen LogP contribution in [0.25, 0.3) is 22.6 Å². The summed E-state index contributed by atoms with van der Waals surface area (Å²) in [6, 6.07) is 13.1. The predicted octanol–water partition coefficient (Wildman–Crippen LogP) is 7.07. The van der Waals surface area contributed by atoms with Crippen molar-refractivity contribution < 1.29 is 31.5 Å². The maximum absolute atomic E-state index is 14.0. The number of aromatic nitrogens is 2. The van der Waals surface area contributed by atoms with E-state index >= 15 is 0 Å². The van der Waals surface area contributed by atoms with Crippen LogP contribution in [0.15, 0.2) is 71.4 Å². The van der Waals surface area contributed by atoms with Crippen LogP contribution < -0.4 is 10.1 Å². The molecule has 0 spiro atoms. The van der Waals surface area contributed by atoms with Gasteiger partial charge in [0, 0.05) is 46.8 Å². The molecule has 2 heterocycles. The summed E-state index contributed by atoms with van der Waals surface area (Å²) < 4.78 is 64.2. The topological polar surface area (TPSA) is 77.2 Å². The highest BCUT2D eigenvalue weighted by Gasteiger charge is 2.29. The van der Waals surface area contributed by atoms with Crippen LogP contribution in [0.5, 0.6) is 5.75 Å². The van der Waals surface area contributed by atoms with Gasteiger partial charge in [0.15, 0.2) is 5.69 Å². The van der Waals surface area contributed by atoms with Gasteiger partial charge >= 0.3 is 6.61 Å². The summed E-state index contributed by atoms with van der Waals surface area (Å²) in [4.78, 5) is 21.1. The van der Waals surface area contributed by atoms with E-state index in [0.717, 1.165) is 0 Å². The Morgan fingerprint density at radius 1 is 1.11 bits per heavy atom. The Bertz CT molecular complexity index is 1370. The quantitative estimate of drug-likeness (QED) is 0.263. The number of hydrogen-bond donors (Lipinski definition) is 1. The van der Waals surface area contributed by atoms with Gasteiger partial charge in [0.1, 0.15) is 11.5 Å². The molecule has 36 heavy (non-hydrogen) atoms. The first-order valence-electron chi connectivity index (χ1n) is 10.9. The number of carbonyl (C=O) groups excluding carboxylic acids is 1. The zero-order valence-corrected chi connectivity index (χ0v) is 19.3. The van der Waals surface area contributed by atoms with Crippen LogP contribution in [0.4, 0.5) is 23.2 Å². The number of hydrogen-bond acceptors (Lipinski definition) is 5. The van der Waals surface area contributed by atoms with Crippen molar-refractivity contribution >= 4 is 11.6 Å². The number of alkyl halides is 4. The molecule has 0 atom stereocenters. The van der Waals surface area contributed by atoms with Crippen molar-refractivity contribution in [3.05, 3.63) is 84.0 Å². The number of amides is 1. The molecule has 1 amide bonds. The van der Waals surface area contributed by atoms with Crippen molar-refractivity contribution in [1.29, 1.82) is 0 Å². The lowest BCUT2D eigenvalue weighted by molar-refractivity contribution is -0.0494. The summed E-state index contributed by atoms with van der Waals surface area (Å²) in [5.74, 6) is -3.48. The number of nitrogens with one attached hydrogen (secondary N) is 1. The smallest absolute Gasteiger partial charge is 0.387 e. The number of halogens is 4. The van der Waals surface area contributed by atoms with Crippen molar-refractivity contribution in [2.45, 2.75) is 32.8 Å². The number of anilines is 1. The number of ether oxygens (including phenoxy) is 1. The standard InChI is InChI=1S/C26H21F4N3O3/c1-3-26(29,30)18-7-4-8-19(13-18)32-23(34)22-15(2)35-24(33-22)16-9-10-21(36-25(27)28)20(12-16)17-6-5-11-31-14-17/h4-14,25H,3H2,1-2H3,(H,32,34). The monoisotopic (exact) mass is 499 g/mol. The Hall–Kier alpha value is -4.21. The maximum Gasteiger partial charge on any atom is 0.387 e. The van der Waals surface area contributed by atoms with E-state index in [2.05, 4.69) is 20.0 Å². The summed E-state index contributed by atoms with van der Waals surface area (Å²) >= 11 is 0. The Balaban J connectivity index is 1.64. The minimum atomic E-state index is -3.03. The lowest BCUT2D eigenvalue weighted by atomic mass is 10.0. The zero-order chi connectivity index (χ0) is 25.9. The number of pyridine rings is 1. The van der Waals surface area contributed by atoms with Gasteiger partial charge in [0.05, 0.1) is 0 Å². The molecule has 0 saturated carbocycles. The van der Waals surface area contributed by atoms with Crippen LogP contribution in [0, 0.1) is 6.92 Å². The fourth-order valence-corrected chi connectivity index (χ4v) is 3.56. The first kappa shape index (κ1) is 24.9. The second kappa shape index (κ2) is 10.2. The molecule has 10 heteroatoms. The largest absolute Gasteiger partial charge is 0.441 e. The summed E-state index contributed by atoms with van der Waals surface area (Å²) in [5, 5.41) is 2.56. The number of aryl methyl sites for hydroxylation is 1. The SMILES string of the molecule is CCC(F)(F)c1cccc(NC(=O)c2nc(-c3ccc(OC(F)F)c(-c4cccnc4)c3)oc2C)c1. The van der Waals surface area contributed by atoms with E-state index in [1.165, 1.54) is 62.5 Å². The zero-order valence-electron chi connectivity index (χ0n) is 19.3. The first-order valence-corrected chi connectivity index (χ1v) is 10.9. The highest BCUT2D eigenvalue weighted by atomic mass is 19.3. The van der Waals surface area contributed by atoms with Gasteiger partial charge in [-0.1, -0.05) is 25.1 Å². The van der Waals surface area contributed by atoms with Crippen LogP contribution in [-0.4, -0.2) is 22.5 Å². The molecule has 6 nitrogen and oxygen atoms in total. The second-order valence-electron chi connectivity index (χ2n) is 7.85. The van der Waals surface area contributed by atoms with Crippen LogP contribution in [0.2, 0.25) is 0 Å². The average Bonchev–Trinajstić information content (AvgIpc) is 3.26. The van der Waals surface area contributed by atoms with Gasteiger partial charge < -0.3 is 14.5 Å². The molecular formula is C26H21F4N3O3. The lowest BCUT2D eigenvalue weighted by Crippen LogP contribution is -2.15. The second-order valence-corrected chi connectivity index (χ2v) is 7.85. The molecule has 186 valence electrons. The molecule has 4 aromatic rings. The molecule has 1 N–H and O–H groups in total. The predicted molar refractivity (Wildman–Crippen MR) is 125 cm³/mol. The minimum absolute atomic E-state index is 0.0477. The number of nitrogens with zero attached hydrogens (tertiary/aromatic N) is 2. The molecule has 0 aliphatic rings. The molecule has 0 bridgehead atoms. The van der Waals surface area contributed by atoms with Crippen molar-refractivity contribution in [2.75, 3.05) is 5.32 Å². The van der Waals surface area contributed by atoms with Crippen LogP contribution >= 0.6 is 0 Å². The third-order valence-electron chi connectivity index (χ3n) is 5.41. The van der Waals surface area contributed by atoms with Crippen molar-refractivity contribution in [3.63, 3.8) is 0 Å². The van der Waals surface area contributed by atoms with Gasteiger partial charge in [-0.15, -0.1) is 0 Å². The van der Waals surface area contributed by atoms with E-state index in [4.69, 9.17) is 4.42 Å². The Morgan fingerprint density at radius 3 is 2.61 bits per heavy atom. The van der Waals surface area contributed by atoms with Crippen LogP contribution in [0.3, 0.4) is 0 Å². The molecule has 4 rings (SSSR count). The lowest BCUT2D eigenvalue weighted by Gasteiger charge is -2.15. The number of benzene rings is 2. The summed E-state index contributed by atoms with van der Waals surface area (Å²) in [7, 11) is 0. The van der Waals surface area contributed by atoms with Gasteiger partial charge in [0.25, 0.3) is 11.8 Å². The van der Waals surface area contributed by atoms with E-state index < -0.39 is 18.4 Å². The molecular weight excluding hydrogens is 478 g/mol. The van der Waals surface area contributed by atoms with E-state index in [1.54, 1.807) is 18.3 Å². The van der Waals surface area contributed by atoms with Crippen molar-refractivity contribution in [3.8, 4) is 28.3 Å². The Morgan fingerprint density at radius 2 is 1.92 bits per heavy atom. The van der Waals surface area contributed by atoms with E-state index in [-0.39, 0.29) is 40.8 Å². The van der Waals surface area contributed by atoms with E-state index in [9.17, 15) is 22.4 Å². The fraction of sp³-hybridized carbons (Fsp3) is 0.192. The molecule has 0 aliphatic carbocycles. The molecule has 2 aromatic carbocycles. The minimum Gasteiger partial charge on any atom is -0.441 e. The van der Waals surface area contributed by atoms with Gasteiger partial charge in [-0.25, -0.2) is 13.8 Å². The third-order valence-corrected chi connectivity index (χ3v) is 5.41. The van der Waals surface area contributed by atoms with Crippen LogP contribution in [-0.2, 0) is 5.92 Å². The number of rotatable bonds is 8. The van der Waals surface area contributed by atoms with Crippen LogP contribution in [0.1, 0.15) is 35.2 Å². The Kier molecular flexibility index (Phi) is 7.05. The molecule has 0 aliphatic heterocycles. The maximum atomic E-state index is 14.0. The van der Waals surface area contributed by atoms with Gasteiger partial charge in [-0.2, -0.15) is 8.78 Å². The molecule has 0 saturated heterocycles. The summed E-state index contributed by atoms with van der Waals surface area (Å²) in [6.45, 7) is -0.123. The van der Waals surface area contributed by atoms with Gasteiger partial charge in [-0.3, -0.25) is 9.78 Å². The first-order chi connectivity index (χ1) is 17.2. The molecule has 0 radical (unpaired) electrons. The van der Waals surface area contributed by atoms with E-state index in [1.807, 2.05) is 0 Å². The summed E-state index contributed by atoms with van der Waals surface area (Å²) in [5.41, 5.74) is 1.18. The highest BCUT2D eigenvalue weighted by Crippen LogP contribution is 2.36. The summed E-state index contributed by atoms with van der Waals surface area (Å²) in [6.07, 6.45) is 2.66. The van der Waals surface area contributed by atoms with Crippen molar-refractivity contribution in [1.82, 2.24) is 9.97 Å².